The Bertz CT molecular complexity index is 382. The number of hydrogen-bond donors (Lipinski definition) is 0. The molecule has 0 saturated carbocycles. The standard InChI is InChI=1S/C12H13Br2NO/c13-12(14)9-10-3-1-2-4-11(10)15-5-7-16-8-6-15/h1-4,9H,5-8H2. The van der Waals surface area contributed by atoms with Crippen LogP contribution in [0.25, 0.3) is 6.08 Å². The van der Waals surface area contributed by atoms with Gasteiger partial charge in [0.25, 0.3) is 0 Å². The van der Waals surface area contributed by atoms with Gasteiger partial charge >= 0.3 is 0 Å². The average Bonchev–Trinajstić information content (AvgIpc) is 2.30. The fourth-order valence-electron chi connectivity index (χ4n) is 1.82. The summed E-state index contributed by atoms with van der Waals surface area (Å²) >= 11 is 6.81. The average molecular weight is 347 g/mol. The largest absolute Gasteiger partial charge is 0.378 e. The molecule has 1 aromatic carbocycles. The molecule has 1 fully saturated rings. The van der Waals surface area contributed by atoms with E-state index in [2.05, 4.69) is 67.1 Å². The first-order valence-electron chi connectivity index (χ1n) is 5.22. The molecule has 0 aliphatic carbocycles. The van der Waals surface area contributed by atoms with E-state index in [-0.39, 0.29) is 0 Å². The highest BCUT2D eigenvalue weighted by Crippen LogP contribution is 2.26. The molecule has 4 heteroatoms. The predicted octanol–water partition coefficient (Wildman–Crippen LogP) is 3.61. The summed E-state index contributed by atoms with van der Waals surface area (Å²) in [6.07, 6.45) is 2.07. The van der Waals surface area contributed by atoms with E-state index in [0.717, 1.165) is 29.7 Å². The number of para-hydroxylation sites is 1. The number of nitrogens with zero attached hydrogens (tertiary/aromatic N) is 1. The van der Waals surface area contributed by atoms with E-state index in [1.54, 1.807) is 0 Å². The van der Waals surface area contributed by atoms with Crippen molar-refractivity contribution < 1.29 is 4.74 Å². The Balaban J connectivity index is 2.28. The first-order valence-corrected chi connectivity index (χ1v) is 6.80. The van der Waals surface area contributed by atoms with E-state index in [9.17, 15) is 0 Å². The van der Waals surface area contributed by atoms with Gasteiger partial charge in [-0.1, -0.05) is 18.2 Å². The third kappa shape index (κ3) is 3.09. The van der Waals surface area contributed by atoms with Crippen LogP contribution in [0.3, 0.4) is 0 Å². The molecular formula is C12H13Br2NO. The van der Waals surface area contributed by atoms with Gasteiger partial charge < -0.3 is 9.64 Å². The lowest BCUT2D eigenvalue weighted by Gasteiger charge is -2.30. The van der Waals surface area contributed by atoms with Crippen LogP contribution < -0.4 is 4.90 Å². The number of ether oxygens (including phenoxy) is 1. The maximum atomic E-state index is 5.37. The molecule has 1 saturated heterocycles. The van der Waals surface area contributed by atoms with Crippen molar-refractivity contribution in [3.8, 4) is 0 Å². The van der Waals surface area contributed by atoms with Crippen molar-refractivity contribution >= 4 is 43.6 Å². The Morgan fingerprint density at radius 2 is 1.88 bits per heavy atom. The van der Waals surface area contributed by atoms with E-state index in [1.807, 2.05) is 0 Å². The van der Waals surface area contributed by atoms with Gasteiger partial charge in [0, 0.05) is 18.8 Å². The second kappa shape index (κ2) is 5.84. The first-order chi connectivity index (χ1) is 7.77. The number of benzene rings is 1. The quantitative estimate of drug-likeness (QED) is 0.811. The topological polar surface area (TPSA) is 12.5 Å². The van der Waals surface area contributed by atoms with Crippen molar-refractivity contribution in [2.45, 2.75) is 0 Å². The summed E-state index contributed by atoms with van der Waals surface area (Å²) in [5, 5.41) is 0. The van der Waals surface area contributed by atoms with Crippen molar-refractivity contribution in [3.05, 3.63) is 33.2 Å². The van der Waals surface area contributed by atoms with E-state index in [1.165, 1.54) is 11.3 Å². The van der Waals surface area contributed by atoms with E-state index < -0.39 is 0 Å². The van der Waals surface area contributed by atoms with Gasteiger partial charge in [-0.15, -0.1) is 0 Å². The molecule has 0 amide bonds. The van der Waals surface area contributed by atoms with Crippen molar-refractivity contribution in [2.75, 3.05) is 31.2 Å². The lowest BCUT2D eigenvalue weighted by molar-refractivity contribution is 0.122. The van der Waals surface area contributed by atoms with Gasteiger partial charge in [-0.2, -0.15) is 0 Å². The van der Waals surface area contributed by atoms with Crippen LogP contribution in [0.15, 0.2) is 27.7 Å². The molecule has 0 aromatic heterocycles. The lowest BCUT2D eigenvalue weighted by atomic mass is 10.1. The zero-order chi connectivity index (χ0) is 11.4. The smallest absolute Gasteiger partial charge is 0.0642 e. The predicted molar refractivity (Wildman–Crippen MR) is 75.3 cm³/mol. The third-order valence-electron chi connectivity index (χ3n) is 2.55. The van der Waals surface area contributed by atoms with Crippen LogP contribution in [-0.2, 0) is 4.74 Å². The molecule has 0 radical (unpaired) electrons. The first kappa shape index (κ1) is 12.1. The maximum absolute atomic E-state index is 5.37. The van der Waals surface area contributed by atoms with Gasteiger partial charge in [-0.25, -0.2) is 0 Å². The summed E-state index contributed by atoms with van der Waals surface area (Å²) < 4.78 is 6.33. The molecule has 0 unspecified atom stereocenters. The summed E-state index contributed by atoms with van der Waals surface area (Å²) in [5.74, 6) is 0. The minimum Gasteiger partial charge on any atom is -0.378 e. The number of anilines is 1. The van der Waals surface area contributed by atoms with Crippen LogP contribution >= 0.6 is 31.9 Å². The summed E-state index contributed by atoms with van der Waals surface area (Å²) in [5.41, 5.74) is 2.48. The fraction of sp³-hybridized carbons (Fsp3) is 0.333. The molecular weight excluding hydrogens is 334 g/mol. The van der Waals surface area contributed by atoms with Gasteiger partial charge in [0.2, 0.25) is 0 Å². The van der Waals surface area contributed by atoms with Gasteiger partial charge in [0.15, 0.2) is 0 Å². The SMILES string of the molecule is BrC(Br)=Cc1ccccc1N1CCOCC1. The number of hydrogen-bond acceptors (Lipinski definition) is 2. The molecule has 0 spiro atoms. The van der Waals surface area contributed by atoms with Crippen LogP contribution in [0.5, 0.6) is 0 Å². The van der Waals surface area contributed by atoms with Crippen LogP contribution in [0, 0.1) is 0 Å². The maximum Gasteiger partial charge on any atom is 0.0642 e. The zero-order valence-electron chi connectivity index (χ0n) is 8.83. The van der Waals surface area contributed by atoms with Crippen LogP contribution in [-0.4, -0.2) is 26.3 Å². The van der Waals surface area contributed by atoms with Crippen molar-refractivity contribution in [1.29, 1.82) is 0 Å². The molecule has 2 rings (SSSR count). The summed E-state index contributed by atoms with van der Waals surface area (Å²) in [6, 6.07) is 8.40. The van der Waals surface area contributed by atoms with Gasteiger partial charge in [0.1, 0.15) is 0 Å². The highest BCUT2D eigenvalue weighted by atomic mass is 79.9. The molecule has 1 aliphatic heterocycles. The minimum atomic E-state index is 0.813. The summed E-state index contributed by atoms with van der Waals surface area (Å²) in [7, 11) is 0. The highest BCUT2D eigenvalue weighted by molar-refractivity contribution is 9.28. The minimum absolute atomic E-state index is 0.813. The van der Waals surface area contributed by atoms with E-state index in [4.69, 9.17) is 4.74 Å². The lowest BCUT2D eigenvalue weighted by Crippen LogP contribution is -2.36. The van der Waals surface area contributed by atoms with Gasteiger partial charge in [-0.05, 0) is 49.6 Å². The number of rotatable bonds is 2. The Kier molecular flexibility index (Phi) is 4.44. The monoisotopic (exact) mass is 345 g/mol. The van der Waals surface area contributed by atoms with Crippen molar-refractivity contribution in [1.82, 2.24) is 0 Å². The molecule has 0 N–H and O–H groups in total. The molecule has 16 heavy (non-hydrogen) atoms. The van der Waals surface area contributed by atoms with Crippen LogP contribution in [0.2, 0.25) is 0 Å². The van der Waals surface area contributed by atoms with Crippen molar-refractivity contribution in [3.63, 3.8) is 0 Å². The summed E-state index contributed by atoms with van der Waals surface area (Å²) in [6.45, 7) is 3.55. The Morgan fingerprint density at radius 3 is 2.56 bits per heavy atom. The van der Waals surface area contributed by atoms with Crippen molar-refractivity contribution in [2.24, 2.45) is 0 Å². The Hall–Kier alpha value is -0.320. The Morgan fingerprint density at radius 1 is 1.19 bits per heavy atom. The zero-order valence-corrected chi connectivity index (χ0v) is 12.0. The molecule has 86 valence electrons. The number of halogens is 2. The van der Waals surface area contributed by atoms with Crippen LogP contribution in [0.1, 0.15) is 5.56 Å². The molecule has 1 heterocycles. The van der Waals surface area contributed by atoms with Gasteiger partial charge in [-0.3, -0.25) is 0 Å². The van der Waals surface area contributed by atoms with Crippen LogP contribution in [0.4, 0.5) is 5.69 Å². The third-order valence-corrected chi connectivity index (χ3v) is 3.01. The molecule has 2 nitrogen and oxygen atoms in total. The Labute approximate surface area is 113 Å². The molecule has 1 aliphatic rings. The second-order valence-corrected chi connectivity index (χ2v) is 6.37. The molecule has 0 bridgehead atoms. The molecule has 1 aromatic rings. The molecule has 0 atom stereocenters. The van der Waals surface area contributed by atoms with E-state index in [0.29, 0.717) is 0 Å². The van der Waals surface area contributed by atoms with E-state index >= 15 is 0 Å². The number of morpholine rings is 1. The highest BCUT2D eigenvalue weighted by Gasteiger charge is 2.13. The normalized spacial score (nSPS) is 16.0. The van der Waals surface area contributed by atoms with Gasteiger partial charge in [0.05, 0.1) is 16.6 Å². The second-order valence-electron chi connectivity index (χ2n) is 3.59. The fourth-order valence-corrected chi connectivity index (χ4v) is 2.31. The summed E-state index contributed by atoms with van der Waals surface area (Å²) in [4.78, 5) is 2.36.